The van der Waals surface area contributed by atoms with E-state index in [0.717, 1.165) is 23.0 Å². The lowest BCUT2D eigenvalue weighted by Crippen LogP contribution is -2.24. The number of carbonyl (C=O) groups excluding carboxylic acids is 3. The van der Waals surface area contributed by atoms with Crippen LogP contribution in [0.25, 0.3) is 0 Å². The maximum Gasteiger partial charge on any atom is 0.316 e. The molecule has 3 rings (SSSR count). The maximum atomic E-state index is 12.3. The molecule has 0 radical (unpaired) electrons. The van der Waals surface area contributed by atoms with Gasteiger partial charge in [-0.1, -0.05) is 23.4 Å². The summed E-state index contributed by atoms with van der Waals surface area (Å²) >= 11 is 2.49. The van der Waals surface area contributed by atoms with Gasteiger partial charge in [-0.2, -0.15) is 0 Å². The van der Waals surface area contributed by atoms with Crippen LogP contribution >= 0.6 is 23.1 Å². The van der Waals surface area contributed by atoms with Gasteiger partial charge in [0, 0.05) is 17.1 Å². The lowest BCUT2D eigenvalue weighted by atomic mass is 10.2. The molecule has 3 aromatic rings. The van der Waals surface area contributed by atoms with E-state index in [2.05, 4.69) is 20.8 Å². The average molecular weight is 489 g/mol. The van der Waals surface area contributed by atoms with Crippen molar-refractivity contribution < 1.29 is 23.6 Å². The van der Waals surface area contributed by atoms with Gasteiger partial charge in [-0.15, -0.1) is 23.1 Å². The Morgan fingerprint density at radius 3 is 2.73 bits per heavy atom. The molecule has 1 aromatic carbocycles. The predicted octanol–water partition coefficient (Wildman–Crippen LogP) is 3.73. The van der Waals surface area contributed by atoms with Crippen LogP contribution < -0.4 is 10.6 Å². The minimum Gasteiger partial charge on any atom is -0.459 e. The number of rotatable bonds is 10. The van der Waals surface area contributed by atoms with E-state index in [1.165, 1.54) is 11.3 Å². The summed E-state index contributed by atoms with van der Waals surface area (Å²) in [7, 11) is 0. The van der Waals surface area contributed by atoms with E-state index in [-0.39, 0.29) is 30.6 Å². The van der Waals surface area contributed by atoms with E-state index in [9.17, 15) is 14.4 Å². The molecule has 0 spiro atoms. The second-order valence-corrected chi connectivity index (χ2v) is 9.47. The van der Waals surface area contributed by atoms with Crippen LogP contribution in [0.2, 0.25) is 0 Å². The summed E-state index contributed by atoms with van der Waals surface area (Å²) in [5, 5.41) is 11.1. The van der Waals surface area contributed by atoms with Crippen molar-refractivity contribution in [1.82, 2.24) is 10.1 Å². The third-order valence-electron chi connectivity index (χ3n) is 4.41. The number of para-hydroxylation sites is 1. The van der Waals surface area contributed by atoms with Crippen molar-refractivity contribution in [2.45, 2.75) is 39.0 Å². The quantitative estimate of drug-likeness (QED) is 0.414. The van der Waals surface area contributed by atoms with Crippen LogP contribution in [0, 0.1) is 13.8 Å². The van der Waals surface area contributed by atoms with Crippen LogP contribution in [0.1, 0.15) is 28.9 Å². The first-order chi connectivity index (χ1) is 15.8. The van der Waals surface area contributed by atoms with E-state index < -0.39 is 11.2 Å². The lowest BCUT2D eigenvalue weighted by Gasteiger charge is -2.10. The summed E-state index contributed by atoms with van der Waals surface area (Å²) in [6.45, 7) is 5.35. The molecular formula is C22H24N4O5S2. The molecule has 1 unspecified atom stereocenters. The Kier molecular flexibility index (Phi) is 8.61. The lowest BCUT2D eigenvalue weighted by molar-refractivity contribution is -0.141. The van der Waals surface area contributed by atoms with Crippen molar-refractivity contribution >= 4 is 52.4 Å². The van der Waals surface area contributed by atoms with Crippen molar-refractivity contribution in [2.75, 3.05) is 16.4 Å². The summed E-state index contributed by atoms with van der Waals surface area (Å²) in [6.07, 6.45) is 0.139. The minimum absolute atomic E-state index is 0.00804. The summed E-state index contributed by atoms with van der Waals surface area (Å²) in [5.74, 6) is 0.0396. The molecule has 2 N–H and O–H groups in total. The normalized spacial score (nSPS) is 11.6. The van der Waals surface area contributed by atoms with Gasteiger partial charge in [-0.05, 0) is 32.4 Å². The van der Waals surface area contributed by atoms with Gasteiger partial charge >= 0.3 is 5.97 Å². The Bertz CT molecular complexity index is 1130. The highest BCUT2D eigenvalue weighted by atomic mass is 32.2. The number of nitrogens with one attached hydrogen (secondary N) is 2. The van der Waals surface area contributed by atoms with Crippen molar-refractivity contribution in [3.63, 3.8) is 0 Å². The number of anilines is 2. The zero-order valence-corrected chi connectivity index (χ0v) is 20.0. The highest BCUT2D eigenvalue weighted by Crippen LogP contribution is 2.17. The predicted molar refractivity (Wildman–Crippen MR) is 127 cm³/mol. The van der Waals surface area contributed by atoms with Gasteiger partial charge < -0.3 is 19.9 Å². The van der Waals surface area contributed by atoms with Crippen LogP contribution in [-0.4, -0.2) is 38.9 Å². The highest BCUT2D eigenvalue weighted by Gasteiger charge is 2.18. The van der Waals surface area contributed by atoms with Crippen LogP contribution in [0.4, 0.5) is 11.5 Å². The Morgan fingerprint density at radius 2 is 2.00 bits per heavy atom. The molecule has 0 aliphatic rings. The van der Waals surface area contributed by atoms with Gasteiger partial charge in [0.25, 0.3) is 0 Å². The fourth-order valence-corrected chi connectivity index (χ4v) is 4.12. The maximum absolute atomic E-state index is 12.3. The Hall–Kier alpha value is -3.18. The third-order valence-corrected chi connectivity index (χ3v) is 6.43. The van der Waals surface area contributed by atoms with Crippen molar-refractivity contribution in [1.29, 1.82) is 0 Å². The first-order valence-corrected chi connectivity index (χ1v) is 12.0. The molecule has 0 fully saturated rings. The molecule has 0 saturated carbocycles. The SMILES string of the molecule is Cc1cc(NC(=O)C(C)SCC(=O)OCc2csc(CC(=O)Nc3ccccc3C)n2)no1. The number of thioether (sulfide) groups is 1. The van der Waals surface area contributed by atoms with Gasteiger partial charge in [0.15, 0.2) is 5.82 Å². The Morgan fingerprint density at radius 1 is 1.21 bits per heavy atom. The number of amides is 2. The number of esters is 1. The van der Waals surface area contributed by atoms with E-state index in [1.807, 2.05) is 31.2 Å². The van der Waals surface area contributed by atoms with E-state index in [1.54, 1.807) is 25.3 Å². The Labute approximate surface area is 199 Å². The molecule has 1 atom stereocenters. The van der Waals surface area contributed by atoms with E-state index in [4.69, 9.17) is 9.26 Å². The standard InChI is InChI=1S/C22H24N4O5S2/c1-13-6-4-5-7-17(13)24-19(27)9-20-23-16(11-33-20)10-30-21(28)12-32-15(3)22(29)25-18-8-14(2)31-26-18/h4-8,11,15H,9-10,12H2,1-3H3,(H,24,27)(H,25,26,29). The molecule has 174 valence electrons. The number of aryl methyl sites for hydroxylation is 2. The number of carbonyl (C=O) groups is 3. The van der Waals surface area contributed by atoms with Gasteiger partial charge in [-0.3, -0.25) is 14.4 Å². The molecule has 9 nitrogen and oxygen atoms in total. The number of nitrogens with zero attached hydrogens (tertiary/aromatic N) is 2. The number of aromatic nitrogens is 2. The Balaban J connectivity index is 1.37. The summed E-state index contributed by atoms with van der Waals surface area (Å²) in [6, 6.07) is 9.15. The molecule has 2 aromatic heterocycles. The molecular weight excluding hydrogens is 464 g/mol. The fraction of sp³-hybridized carbons (Fsp3) is 0.318. The topological polar surface area (TPSA) is 123 Å². The number of ether oxygens (including phenoxy) is 1. The van der Waals surface area contributed by atoms with Crippen molar-refractivity contribution in [3.05, 3.63) is 57.7 Å². The van der Waals surface area contributed by atoms with E-state index >= 15 is 0 Å². The molecule has 2 heterocycles. The smallest absolute Gasteiger partial charge is 0.316 e. The van der Waals surface area contributed by atoms with E-state index in [0.29, 0.717) is 22.3 Å². The fourth-order valence-electron chi connectivity index (χ4n) is 2.66. The molecule has 0 bridgehead atoms. The zero-order chi connectivity index (χ0) is 23.8. The third kappa shape index (κ3) is 7.72. The molecule has 0 aliphatic carbocycles. The van der Waals surface area contributed by atoms with Crippen LogP contribution in [0.15, 0.2) is 40.2 Å². The highest BCUT2D eigenvalue weighted by molar-refractivity contribution is 8.01. The van der Waals surface area contributed by atoms with Crippen LogP contribution in [0.5, 0.6) is 0 Å². The molecule has 2 amide bonds. The monoisotopic (exact) mass is 488 g/mol. The second kappa shape index (κ2) is 11.6. The van der Waals surface area contributed by atoms with Gasteiger partial charge in [0.05, 0.1) is 23.1 Å². The summed E-state index contributed by atoms with van der Waals surface area (Å²) in [4.78, 5) is 40.8. The second-order valence-electron chi connectivity index (χ2n) is 7.20. The molecule has 11 heteroatoms. The molecule has 33 heavy (non-hydrogen) atoms. The van der Waals surface area contributed by atoms with Crippen LogP contribution in [0.3, 0.4) is 0 Å². The van der Waals surface area contributed by atoms with Gasteiger partial charge in [-0.25, -0.2) is 4.98 Å². The zero-order valence-electron chi connectivity index (χ0n) is 18.4. The van der Waals surface area contributed by atoms with Gasteiger partial charge in [0.2, 0.25) is 11.8 Å². The van der Waals surface area contributed by atoms with Crippen molar-refractivity contribution in [3.8, 4) is 0 Å². The molecule has 0 saturated heterocycles. The van der Waals surface area contributed by atoms with Gasteiger partial charge in [0.1, 0.15) is 17.4 Å². The first kappa shape index (κ1) is 24.5. The molecule has 0 aliphatic heterocycles. The number of thiazole rings is 1. The minimum atomic E-state index is -0.479. The average Bonchev–Trinajstić information content (AvgIpc) is 3.40. The summed E-state index contributed by atoms with van der Waals surface area (Å²) in [5.41, 5.74) is 2.32. The first-order valence-electron chi connectivity index (χ1n) is 10.1. The van der Waals surface area contributed by atoms with Crippen molar-refractivity contribution in [2.24, 2.45) is 0 Å². The number of benzene rings is 1. The largest absolute Gasteiger partial charge is 0.459 e. The summed E-state index contributed by atoms with van der Waals surface area (Å²) < 4.78 is 10.1. The van der Waals surface area contributed by atoms with Crippen LogP contribution in [-0.2, 0) is 32.1 Å². The number of hydrogen-bond acceptors (Lipinski definition) is 9. The number of hydrogen-bond donors (Lipinski definition) is 2.